The normalized spacial score (nSPS) is 32.7. The van der Waals surface area contributed by atoms with E-state index in [-0.39, 0.29) is 6.10 Å². The first-order valence-corrected chi connectivity index (χ1v) is 4.67. The average Bonchev–Trinajstić information content (AvgIpc) is 1.93. The van der Waals surface area contributed by atoms with Gasteiger partial charge in [0.15, 0.2) is 0 Å². The maximum atomic E-state index is 9.60. The maximum Gasteiger partial charge on any atom is 0.0820 e. The van der Waals surface area contributed by atoms with Crippen LogP contribution in [0.15, 0.2) is 0 Å². The van der Waals surface area contributed by atoms with E-state index in [9.17, 15) is 5.11 Å². The molecule has 66 valence electrons. The summed E-state index contributed by atoms with van der Waals surface area (Å²) in [4.78, 5) is 1.45. The molecule has 1 fully saturated rings. The van der Waals surface area contributed by atoms with Crippen LogP contribution in [-0.4, -0.2) is 31.9 Å². The minimum atomic E-state index is -0.0151. The highest BCUT2D eigenvalue weighted by Crippen LogP contribution is 2.22. The van der Waals surface area contributed by atoms with E-state index in [1.54, 1.807) is 0 Å². The standard InChI is InChI=1S/C9H19NO/c1-10(2)7-8-5-3-4-6-9(8)11/h8-9,11H,3-7H2,1-2H3/p+1/t8-,9-/m1/s1. The summed E-state index contributed by atoms with van der Waals surface area (Å²) in [6.07, 6.45) is 4.78. The molecule has 2 heteroatoms. The van der Waals surface area contributed by atoms with Gasteiger partial charge in [-0.1, -0.05) is 12.8 Å². The molecule has 1 rings (SSSR count). The molecule has 0 spiro atoms. The minimum absolute atomic E-state index is 0.0151. The summed E-state index contributed by atoms with van der Waals surface area (Å²) < 4.78 is 0. The van der Waals surface area contributed by atoms with E-state index in [0.29, 0.717) is 5.92 Å². The van der Waals surface area contributed by atoms with Crippen LogP contribution in [0, 0.1) is 5.92 Å². The van der Waals surface area contributed by atoms with Crippen molar-refractivity contribution >= 4 is 0 Å². The van der Waals surface area contributed by atoms with Crippen LogP contribution < -0.4 is 4.90 Å². The molecule has 0 bridgehead atoms. The summed E-state index contributed by atoms with van der Waals surface area (Å²) in [6, 6.07) is 0. The predicted molar refractivity (Wildman–Crippen MR) is 45.6 cm³/mol. The first-order valence-electron chi connectivity index (χ1n) is 4.67. The number of hydrogen-bond donors (Lipinski definition) is 2. The third-order valence-corrected chi connectivity index (χ3v) is 2.54. The van der Waals surface area contributed by atoms with E-state index in [0.717, 1.165) is 13.0 Å². The Balaban J connectivity index is 2.29. The van der Waals surface area contributed by atoms with E-state index in [4.69, 9.17) is 0 Å². The lowest BCUT2D eigenvalue weighted by atomic mass is 9.86. The highest BCUT2D eigenvalue weighted by atomic mass is 16.3. The molecule has 11 heavy (non-hydrogen) atoms. The van der Waals surface area contributed by atoms with Gasteiger partial charge in [-0.05, 0) is 12.8 Å². The lowest BCUT2D eigenvalue weighted by Gasteiger charge is -2.27. The minimum Gasteiger partial charge on any atom is -0.393 e. The van der Waals surface area contributed by atoms with Crippen LogP contribution in [0.2, 0.25) is 0 Å². The predicted octanol–water partition coefficient (Wildman–Crippen LogP) is -0.318. The zero-order valence-electron chi connectivity index (χ0n) is 7.64. The van der Waals surface area contributed by atoms with Crippen LogP contribution in [0.25, 0.3) is 0 Å². The van der Waals surface area contributed by atoms with Crippen molar-refractivity contribution in [3.05, 3.63) is 0 Å². The monoisotopic (exact) mass is 158 g/mol. The zero-order valence-corrected chi connectivity index (χ0v) is 7.64. The molecule has 2 N–H and O–H groups in total. The van der Waals surface area contributed by atoms with Gasteiger partial charge < -0.3 is 10.0 Å². The SMILES string of the molecule is C[NH+](C)C[C@H]1CCCC[C@H]1O. The molecule has 0 amide bonds. The maximum absolute atomic E-state index is 9.60. The van der Waals surface area contributed by atoms with Gasteiger partial charge >= 0.3 is 0 Å². The number of rotatable bonds is 2. The second kappa shape index (κ2) is 4.07. The second-order valence-corrected chi connectivity index (χ2v) is 4.02. The van der Waals surface area contributed by atoms with E-state index >= 15 is 0 Å². The largest absolute Gasteiger partial charge is 0.393 e. The Bertz CT molecular complexity index is 114. The summed E-state index contributed by atoms with van der Waals surface area (Å²) in [7, 11) is 4.31. The zero-order chi connectivity index (χ0) is 8.27. The molecule has 1 aliphatic rings. The Hall–Kier alpha value is -0.0800. The van der Waals surface area contributed by atoms with Crippen molar-refractivity contribution in [1.29, 1.82) is 0 Å². The molecule has 0 aromatic heterocycles. The van der Waals surface area contributed by atoms with Gasteiger partial charge in [-0.15, -0.1) is 0 Å². The number of hydrogen-bond acceptors (Lipinski definition) is 1. The van der Waals surface area contributed by atoms with Crippen LogP contribution in [0.3, 0.4) is 0 Å². The molecule has 1 aliphatic carbocycles. The highest BCUT2D eigenvalue weighted by Gasteiger charge is 2.24. The van der Waals surface area contributed by atoms with Crippen LogP contribution in [0.5, 0.6) is 0 Å². The van der Waals surface area contributed by atoms with Crippen LogP contribution in [0.1, 0.15) is 25.7 Å². The molecule has 0 heterocycles. The first kappa shape index (κ1) is 9.01. The van der Waals surface area contributed by atoms with Gasteiger partial charge in [-0.2, -0.15) is 0 Å². The van der Waals surface area contributed by atoms with E-state index in [1.165, 1.54) is 24.2 Å². The molecule has 0 radical (unpaired) electrons. The van der Waals surface area contributed by atoms with Gasteiger partial charge in [0.05, 0.1) is 26.7 Å². The van der Waals surface area contributed by atoms with Crippen LogP contribution >= 0.6 is 0 Å². The molecule has 1 saturated carbocycles. The lowest BCUT2D eigenvalue weighted by molar-refractivity contribution is -0.862. The van der Waals surface area contributed by atoms with Gasteiger partial charge in [0.1, 0.15) is 0 Å². The first-order chi connectivity index (χ1) is 5.20. The van der Waals surface area contributed by atoms with Crippen molar-refractivity contribution in [2.24, 2.45) is 5.92 Å². The fourth-order valence-corrected chi connectivity index (χ4v) is 1.95. The smallest absolute Gasteiger partial charge is 0.0820 e. The molecule has 0 aromatic rings. The number of nitrogens with one attached hydrogen (secondary N) is 1. The third kappa shape index (κ3) is 2.80. The second-order valence-electron chi connectivity index (χ2n) is 4.02. The molecule has 0 saturated heterocycles. The van der Waals surface area contributed by atoms with Gasteiger partial charge in [0, 0.05) is 5.92 Å². The third-order valence-electron chi connectivity index (χ3n) is 2.54. The summed E-state index contributed by atoms with van der Waals surface area (Å²) >= 11 is 0. The number of aliphatic hydroxyl groups excluding tert-OH is 1. The quantitative estimate of drug-likeness (QED) is 0.566. The van der Waals surface area contributed by atoms with Gasteiger partial charge in [0.2, 0.25) is 0 Å². The highest BCUT2D eigenvalue weighted by molar-refractivity contribution is 4.73. The molecular weight excluding hydrogens is 138 g/mol. The van der Waals surface area contributed by atoms with Crippen LogP contribution in [-0.2, 0) is 0 Å². The fourth-order valence-electron chi connectivity index (χ4n) is 1.95. The number of aliphatic hydroxyl groups is 1. The average molecular weight is 158 g/mol. The summed E-state index contributed by atoms with van der Waals surface area (Å²) in [6.45, 7) is 1.13. The van der Waals surface area contributed by atoms with Crippen molar-refractivity contribution in [2.45, 2.75) is 31.8 Å². The summed E-state index contributed by atoms with van der Waals surface area (Å²) in [5, 5.41) is 9.60. The molecule has 0 aromatic carbocycles. The fraction of sp³-hybridized carbons (Fsp3) is 1.00. The summed E-state index contributed by atoms with van der Waals surface area (Å²) in [5.41, 5.74) is 0. The Labute approximate surface area is 69.2 Å². The van der Waals surface area contributed by atoms with Crippen molar-refractivity contribution in [3.8, 4) is 0 Å². The summed E-state index contributed by atoms with van der Waals surface area (Å²) in [5.74, 6) is 0.564. The Morgan fingerprint density at radius 2 is 1.91 bits per heavy atom. The Kier molecular flexibility index (Phi) is 3.34. The Morgan fingerprint density at radius 1 is 1.27 bits per heavy atom. The van der Waals surface area contributed by atoms with Crippen molar-refractivity contribution in [2.75, 3.05) is 20.6 Å². The van der Waals surface area contributed by atoms with E-state index in [2.05, 4.69) is 14.1 Å². The van der Waals surface area contributed by atoms with Crippen molar-refractivity contribution in [1.82, 2.24) is 0 Å². The lowest BCUT2D eigenvalue weighted by Crippen LogP contribution is -3.06. The molecule has 0 unspecified atom stereocenters. The molecular formula is C9H20NO+. The van der Waals surface area contributed by atoms with Crippen molar-refractivity contribution in [3.63, 3.8) is 0 Å². The van der Waals surface area contributed by atoms with Gasteiger partial charge in [0.25, 0.3) is 0 Å². The topological polar surface area (TPSA) is 24.7 Å². The van der Waals surface area contributed by atoms with Crippen molar-refractivity contribution < 1.29 is 10.0 Å². The van der Waals surface area contributed by atoms with Gasteiger partial charge in [-0.3, -0.25) is 0 Å². The molecule has 0 aliphatic heterocycles. The number of quaternary nitrogens is 1. The molecule has 2 atom stereocenters. The van der Waals surface area contributed by atoms with E-state index in [1.807, 2.05) is 0 Å². The van der Waals surface area contributed by atoms with Gasteiger partial charge in [-0.25, -0.2) is 0 Å². The molecule has 2 nitrogen and oxygen atoms in total. The Morgan fingerprint density at radius 3 is 2.45 bits per heavy atom. The van der Waals surface area contributed by atoms with E-state index < -0.39 is 0 Å². The van der Waals surface area contributed by atoms with Crippen LogP contribution in [0.4, 0.5) is 0 Å².